The summed E-state index contributed by atoms with van der Waals surface area (Å²) in [6.45, 7) is 7.16. The number of carboxylic acid groups (broad SMARTS) is 1. The molecule has 1 aromatic carbocycles. The van der Waals surface area contributed by atoms with Crippen molar-refractivity contribution in [1.82, 2.24) is 30.7 Å². The molecule has 2 fully saturated rings. The molecule has 0 radical (unpaired) electrons. The number of carbonyl (C=O) groups is 3. The summed E-state index contributed by atoms with van der Waals surface area (Å²) in [5.74, 6) is -2.43. The molecule has 0 saturated carbocycles. The molecule has 3 aromatic rings. The predicted molar refractivity (Wildman–Crippen MR) is 180 cm³/mol. The van der Waals surface area contributed by atoms with Crippen molar-refractivity contribution in [3.05, 3.63) is 47.7 Å². The lowest BCUT2D eigenvalue weighted by Gasteiger charge is -2.51. The quantitative estimate of drug-likeness (QED) is 0.0198. The molecule has 1 unspecified atom stereocenters. The van der Waals surface area contributed by atoms with E-state index in [-0.39, 0.29) is 10.8 Å². The Kier molecular flexibility index (Phi) is 11.6. The molecule has 2 amide bonds. The number of aryl methyl sites for hydroxylation is 2. The van der Waals surface area contributed by atoms with E-state index in [0.717, 1.165) is 67.5 Å². The zero-order valence-electron chi connectivity index (χ0n) is 28.0. The molecule has 5 rings (SSSR count). The fourth-order valence-corrected chi connectivity index (χ4v) is 6.29. The Hall–Kier alpha value is -4.67. The van der Waals surface area contributed by atoms with E-state index >= 15 is 0 Å². The third-order valence-electron chi connectivity index (χ3n) is 8.29. The first-order valence-corrected chi connectivity index (χ1v) is 18.0. The van der Waals surface area contributed by atoms with Gasteiger partial charge in [-0.2, -0.15) is 14.0 Å². The number of hydrogen-bond donors (Lipinski definition) is 5. The zero-order chi connectivity index (χ0) is 36.9. The van der Waals surface area contributed by atoms with Crippen LogP contribution in [-0.4, -0.2) is 107 Å². The van der Waals surface area contributed by atoms with Gasteiger partial charge in [0.1, 0.15) is 24.1 Å². The fraction of sp³-hybridized carbons (Fsp3) is 0.467. The molecule has 0 bridgehead atoms. The van der Waals surface area contributed by atoms with E-state index in [1.807, 2.05) is 30.1 Å². The standard InChI is InChI=1S/C30H39N9O10S2/c1-30(2)25(27(41)39(30)49-51(44,45)46)35-26(40)24(22-17-50-29(31)34-22)36-48-23(28(42)43)16-47-21-7-5-19(6-8-21)20-14-37(3)38(15-20)10-4-9-32-11-18-12-33-13-18/h5-8,14-15,17-18,23,25,32-33H,4,9-13,16H2,1-3H3,(H4-,31,34,35,40,42,43,44,45,46)/b36-24+/t23?,25-/m1/s1. The van der Waals surface area contributed by atoms with Gasteiger partial charge < -0.3 is 40.9 Å². The van der Waals surface area contributed by atoms with Crippen molar-refractivity contribution in [2.45, 2.75) is 44.5 Å². The van der Waals surface area contributed by atoms with Gasteiger partial charge in [0.2, 0.25) is 16.6 Å². The van der Waals surface area contributed by atoms with Gasteiger partial charge in [-0.25, -0.2) is 18.2 Å². The molecule has 0 spiro atoms. The monoisotopic (exact) mass is 749 g/mol. The minimum atomic E-state index is -5.27. The molecule has 21 heteroatoms. The highest BCUT2D eigenvalue weighted by atomic mass is 32.3. The number of benzene rings is 1. The summed E-state index contributed by atoms with van der Waals surface area (Å²) in [5.41, 5.74) is 5.56. The van der Waals surface area contributed by atoms with E-state index in [1.165, 1.54) is 19.2 Å². The Labute approximate surface area is 297 Å². The van der Waals surface area contributed by atoms with Crippen LogP contribution in [0.15, 0.2) is 47.2 Å². The third kappa shape index (κ3) is 9.36. The van der Waals surface area contributed by atoms with Gasteiger partial charge in [0.25, 0.3) is 17.9 Å². The van der Waals surface area contributed by atoms with E-state index in [0.29, 0.717) is 10.8 Å². The smallest absolute Gasteiger partial charge is 0.351 e. The number of aromatic nitrogens is 3. The van der Waals surface area contributed by atoms with Gasteiger partial charge in [0.15, 0.2) is 17.9 Å². The van der Waals surface area contributed by atoms with Crippen molar-refractivity contribution in [1.29, 1.82) is 0 Å². The van der Waals surface area contributed by atoms with Crippen molar-refractivity contribution in [2.24, 2.45) is 18.1 Å². The number of carboxylic acids is 1. The second kappa shape index (κ2) is 15.7. The molecule has 2 aliphatic heterocycles. The highest BCUT2D eigenvalue weighted by Gasteiger charge is 2.57. The Morgan fingerprint density at radius 1 is 1.27 bits per heavy atom. The normalized spacial score (nSPS) is 18.1. The SMILES string of the molecule is C[n+]1cc(-c2ccc(OCC(O/N=C(/C(=O)N[C@@H]3C(=O)N(OS(=O)(=O)[O-])C3(C)C)c3csc(N)n3)C(=O)O)cc2)cn1CCCNCC1CNC1. The lowest BCUT2D eigenvalue weighted by molar-refractivity contribution is -0.753. The predicted octanol–water partition coefficient (Wildman–Crippen LogP) is -1.03. The number of hydrogen-bond acceptors (Lipinski definition) is 15. The van der Waals surface area contributed by atoms with Gasteiger partial charge in [-0.1, -0.05) is 17.3 Å². The number of nitrogen functional groups attached to an aromatic ring is 1. The van der Waals surface area contributed by atoms with Crippen molar-refractivity contribution in [3.8, 4) is 16.9 Å². The van der Waals surface area contributed by atoms with Crippen LogP contribution in [0.1, 0.15) is 26.0 Å². The number of amides is 2. The van der Waals surface area contributed by atoms with Crippen LogP contribution in [-0.2, 0) is 47.5 Å². The number of ether oxygens (including phenoxy) is 1. The van der Waals surface area contributed by atoms with Gasteiger partial charge in [0, 0.05) is 25.0 Å². The molecule has 6 N–H and O–H groups in total. The van der Waals surface area contributed by atoms with Crippen LogP contribution in [0.3, 0.4) is 0 Å². The molecule has 0 aliphatic carbocycles. The second-order valence-electron chi connectivity index (χ2n) is 12.5. The number of oxime groups is 1. The number of rotatable bonds is 18. The number of nitrogens with zero attached hydrogens (tertiary/aromatic N) is 5. The van der Waals surface area contributed by atoms with Crippen molar-refractivity contribution >= 4 is 50.4 Å². The van der Waals surface area contributed by atoms with Crippen LogP contribution < -0.4 is 31.1 Å². The third-order valence-corrected chi connectivity index (χ3v) is 9.30. The van der Waals surface area contributed by atoms with E-state index < -0.39 is 58.2 Å². The number of hydroxylamine groups is 2. The summed E-state index contributed by atoms with van der Waals surface area (Å²) in [4.78, 5) is 47.0. The molecule has 2 saturated heterocycles. The maximum absolute atomic E-state index is 13.3. The summed E-state index contributed by atoms with van der Waals surface area (Å²) in [5, 5.41) is 24.4. The first-order valence-electron chi connectivity index (χ1n) is 15.8. The average Bonchev–Trinajstić information content (AvgIpc) is 3.65. The Morgan fingerprint density at radius 2 is 2.00 bits per heavy atom. The van der Waals surface area contributed by atoms with Crippen LogP contribution >= 0.6 is 11.3 Å². The number of carbonyl (C=O) groups excluding carboxylic acids is 2. The Bertz CT molecular complexity index is 1870. The lowest BCUT2D eigenvalue weighted by atomic mass is 9.84. The van der Waals surface area contributed by atoms with Crippen LogP contribution in [0.2, 0.25) is 0 Å². The summed E-state index contributed by atoms with van der Waals surface area (Å²) < 4.78 is 47.0. The Morgan fingerprint density at radius 3 is 2.59 bits per heavy atom. The fourth-order valence-electron chi connectivity index (χ4n) is 5.29. The minimum Gasteiger partial charge on any atom is -0.724 e. The van der Waals surface area contributed by atoms with Gasteiger partial charge in [-0.3, -0.25) is 9.59 Å². The number of aliphatic carboxylic acids is 1. The van der Waals surface area contributed by atoms with E-state index in [2.05, 4.69) is 41.3 Å². The first-order chi connectivity index (χ1) is 24.1. The van der Waals surface area contributed by atoms with Gasteiger partial charge in [-0.15, -0.1) is 16.0 Å². The molecule has 51 heavy (non-hydrogen) atoms. The summed E-state index contributed by atoms with van der Waals surface area (Å²) in [6, 6.07) is 5.71. The average molecular weight is 750 g/mol. The number of nitrogens with two attached hydrogens (primary N) is 1. The van der Waals surface area contributed by atoms with Crippen molar-refractivity contribution in [2.75, 3.05) is 38.5 Å². The molecule has 19 nitrogen and oxygen atoms in total. The van der Waals surface area contributed by atoms with Crippen molar-refractivity contribution < 1.29 is 51.0 Å². The molecule has 2 aliphatic rings. The summed E-state index contributed by atoms with van der Waals surface area (Å²) in [6.07, 6.45) is 3.39. The van der Waals surface area contributed by atoms with Gasteiger partial charge >= 0.3 is 5.97 Å². The van der Waals surface area contributed by atoms with Crippen LogP contribution in [0.25, 0.3) is 11.1 Å². The van der Waals surface area contributed by atoms with Gasteiger partial charge in [0.05, 0.1) is 23.8 Å². The zero-order valence-corrected chi connectivity index (χ0v) is 29.6. The van der Waals surface area contributed by atoms with Crippen molar-refractivity contribution in [3.63, 3.8) is 0 Å². The molecule has 2 atom stereocenters. The minimum absolute atomic E-state index is 0.0579. The molecule has 2 aromatic heterocycles. The largest absolute Gasteiger partial charge is 0.724 e. The van der Waals surface area contributed by atoms with E-state index in [9.17, 15) is 32.5 Å². The summed E-state index contributed by atoms with van der Waals surface area (Å²) in [7, 11) is -3.29. The van der Waals surface area contributed by atoms with Crippen LogP contribution in [0, 0.1) is 5.92 Å². The maximum atomic E-state index is 13.3. The van der Waals surface area contributed by atoms with Gasteiger partial charge in [-0.05, 0) is 50.4 Å². The van der Waals surface area contributed by atoms with Crippen LogP contribution in [0.5, 0.6) is 5.75 Å². The van der Waals surface area contributed by atoms with E-state index in [4.69, 9.17) is 15.3 Å². The number of β-lactam (4-membered cyclic amide) rings is 1. The van der Waals surface area contributed by atoms with Crippen LogP contribution in [0.4, 0.5) is 5.13 Å². The topological polar surface area (TPSA) is 256 Å². The highest BCUT2D eigenvalue weighted by Crippen LogP contribution is 2.33. The molecular weight excluding hydrogens is 711 g/mol. The number of thiazole rings is 1. The summed E-state index contributed by atoms with van der Waals surface area (Å²) >= 11 is 0.959. The van der Waals surface area contributed by atoms with E-state index in [1.54, 1.807) is 12.1 Å². The highest BCUT2D eigenvalue weighted by molar-refractivity contribution is 7.80. The lowest BCUT2D eigenvalue weighted by Crippen LogP contribution is -2.76. The molecule has 4 heterocycles. The molecule has 276 valence electrons. The Balaban J connectivity index is 1.18. The number of anilines is 1. The maximum Gasteiger partial charge on any atom is 0.351 e. The first kappa shape index (κ1) is 37.6. The number of nitrogens with one attached hydrogen (secondary N) is 3. The molecular formula is C30H39N9O10S2. The second-order valence-corrected chi connectivity index (χ2v) is 14.3.